The quantitative estimate of drug-likeness (QED) is 0.778. The number of nitrogens with two attached hydrogens (primary N) is 1. The molecule has 1 aromatic carbocycles. The maximum atomic E-state index is 13.3. The lowest BCUT2D eigenvalue weighted by Crippen LogP contribution is -2.40. The van der Waals surface area contributed by atoms with Crippen molar-refractivity contribution in [3.05, 3.63) is 24.0 Å². The molecule has 0 amide bonds. The zero-order chi connectivity index (χ0) is 14.7. The molecule has 0 heterocycles. The first-order valence-electron chi connectivity index (χ1n) is 5.86. The summed E-state index contributed by atoms with van der Waals surface area (Å²) >= 11 is 0. The molecule has 0 aliphatic rings. The fourth-order valence-electron chi connectivity index (χ4n) is 1.47. The predicted octanol–water partition coefficient (Wildman–Crippen LogP) is 1.50. The summed E-state index contributed by atoms with van der Waals surface area (Å²) in [5.41, 5.74) is 4.58. The highest BCUT2D eigenvalue weighted by Crippen LogP contribution is 2.17. The molecule has 1 aromatic rings. The van der Waals surface area contributed by atoms with Crippen LogP contribution in [0.15, 0.2) is 23.1 Å². The van der Waals surface area contributed by atoms with Crippen LogP contribution in [0.1, 0.15) is 20.8 Å². The van der Waals surface area contributed by atoms with E-state index >= 15 is 0 Å². The molecule has 0 bridgehead atoms. The standard InChI is InChI=1S/C12H19FN2O3S/c1-4-18-12(2,3)8-15-19(16,17)9-5-6-11(14)10(13)7-9/h5-7,15H,4,8,14H2,1-3H3. The van der Waals surface area contributed by atoms with E-state index in [9.17, 15) is 12.8 Å². The van der Waals surface area contributed by atoms with Crippen LogP contribution in [-0.2, 0) is 14.8 Å². The summed E-state index contributed by atoms with van der Waals surface area (Å²) in [6, 6.07) is 3.37. The van der Waals surface area contributed by atoms with Crippen molar-refractivity contribution in [2.75, 3.05) is 18.9 Å². The Balaban J connectivity index is 2.84. The van der Waals surface area contributed by atoms with E-state index in [4.69, 9.17) is 10.5 Å². The van der Waals surface area contributed by atoms with Crippen LogP contribution in [-0.4, -0.2) is 27.2 Å². The van der Waals surface area contributed by atoms with Gasteiger partial charge in [0.1, 0.15) is 5.82 Å². The van der Waals surface area contributed by atoms with Crippen LogP contribution in [0, 0.1) is 5.82 Å². The Hall–Kier alpha value is -1.18. The lowest BCUT2D eigenvalue weighted by atomic mass is 10.1. The Bertz CT molecular complexity index is 544. The minimum atomic E-state index is -3.78. The molecule has 19 heavy (non-hydrogen) atoms. The number of rotatable bonds is 6. The minimum absolute atomic E-state index is 0.0893. The van der Waals surface area contributed by atoms with Crippen molar-refractivity contribution < 1.29 is 17.5 Å². The summed E-state index contributed by atoms with van der Waals surface area (Å²) < 4.78 is 45.0. The van der Waals surface area contributed by atoms with Gasteiger partial charge >= 0.3 is 0 Å². The molecular weight excluding hydrogens is 271 g/mol. The number of ether oxygens (including phenoxy) is 1. The summed E-state index contributed by atoms with van der Waals surface area (Å²) in [7, 11) is -3.78. The summed E-state index contributed by atoms with van der Waals surface area (Å²) in [6.07, 6.45) is 0. The van der Waals surface area contributed by atoms with Crippen LogP contribution in [0.5, 0.6) is 0 Å². The van der Waals surface area contributed by atoms with Crippen LogP contribution in [0.3, 0.4) is 0 Å². The van der Waals surface area contributed by atoms with Crippen molar-refractivity contribution in [1.82, 2.24) is 4.72 Å². The number of nitrogen functional groups attached to an aromatic ring is 1. The van der Waals surface area contributed by atoms with Crippen LogP contribution in [0.2, 0.25) is 0 Å². The van der Waals surface area contributed by atoms with Crippen LogP contribution >= 0.6 is 0 Å². The van der Waals surface area contributed by atoms with E-state index < -0.39 is 21.4 Å². The minimum Gasteiger partial charge on any atom is -0.396 e. The van der Waals surface area contributed by atoms with Crippen molar-refractivity contribution in [3.8, 4) is 0 Å². The second kappa shape index (κ2) is 5.85. The average molecular weight is 290 g/mol. The third-order valence-corrected chi connectivity index (χ3v) is 3.90. The van der Waals surface area contributed by atoms with Gasteiger partial charge in [0, 0.05) is 13.2 Å². The smallest absolute Gasteiger partial charge is 0.240 e. The summed E-state index contributed by atoms with van der Waals surface area (Å²) in [5.74, 6) is -0.757. The van der Waals surface area contributed by atoms with E-state index in [0.29, 0.717) is 6.61 Å². The molecule has 0 aromatic heterocycles. The molecule has 108 valence electrons. The predicted molar refractivity (Wildman–Crippen MR) is 71.7 cm³/mol. The van der Waals surface area contributed by atoms with E-state index in [1.165, 1.54) is 12.1 Å². The van der Waals surface area contributed by atoms with Gasteiger partial charge in [0.15, 0.2) is 0 Å². The molecule has 0 atom stereocenters. The Morgan fingerprint density at radius 3 is 2.58 bits per heavy atom. The lowest BCUT2D eigenvalue weighted by molar-refractivity contribution is -0.00515. The molecule has 0 saturated carbocycles. The van der Waals surface area contributed by atoms with Crippen molar-refractivity contribution in [3.63, 3.8) is 0 Å². The maximum Gasteiger partial charge on any atom is 0.240 e. The molecule has 0 saturated heterocycles. The molecule has 5 nitrogen and oxygen atoms in total. The molecule has 0 aliphatic heterocycles. The van der Waals surface area contributed by atoms with Crippen molar-refractivity contribution in [2.24, 2.45) is 0 Å². The highest BCUT2D eigenvalue weighted by molar-refractivity contribution is 7.89. The van der Waals surface area contributed by atoms with Gasteiger partial charge in [-0.2, -0.15) is 0 Å². The Kier molecular flexibility index (Phi) is 4.89. The van der Waals surface area contributed by atoms with Crippen molar-refractivity contribution in [1.29, 1.82) is 0 Å². The number of anilines is 1. The maximum absolute atomic E-state index is 13.3. The van der Waals surface area contributed by atoms with E-state index in [0.717, 1.165) is 6.07 Å². The molecule has 1 rings (SSSR count). The van der Waals surface area contributed by atoms with E-state index in [1.807, 2.05) is 6.92 Å². The Morgan fingerprint density at radius 2 is 2.05 bits per heavy atom. The average Bonchev–Trinajstić information content (AvgIpc) is 2.30. The summed E-state index contributed by atoms with van der Waals surface area (Å²) in [4.78, 5) is -0.161. The number of hydrogen-bond acceptors (Lipinski definition) is 4. The molecule has 0 aliphatic carbocycles. The fraction of sp³-hybridized carbons (Fsp3) is 0.500. The number of halogens is 1. The number of hydrogen-bond donors (Lipinski definition) is 2. The van der Waals surface area contributed by atoms with Gasteiger partial charge < -0.3 is 10.5 Å². The number of benzene rings is 1. The van der Waals surface area contributed by atoms with E-state index in [2.05, 4.69) is 4.72 Å². The van der Waals surface area contributed by atoms with Gasteiger partial charge in [0.2, 0.25) is 10.0 Å². The lowest BCUT2D eigenvalue weighted by Gasteiger charge is -2.24. The zero-order valence-electron chi connectivity index (χ0n) is 11.2. The van der Waals surface area contributed by atoms with Gasteiger partial charge in [-0.15, -0.1) is 0 Å². The molecule has 3 N–H and O–H groups in total. The molecule has 0 unspecified atom stereocenters. The van der Waals surface area contributed by atoms with Gasteiger partial charge in [0.25, 0.3) is 0 Å². The van der Waals surface area contributed by atoms with Crippen molar-refractivity contribution >= 4 is 15.7 Å². The molecule has 0 radical (unpaired) electrons. The molecular formula is C12H19FN2O3S. The van der Waals surface area contributed by atoms with Crippen LogP contribution in [0.4, 0.5) is 10.1 Å². The first-order chi connectivity index (χ1) is 8.68. The van der Waals surface area contributed by atoms with Crippen LogP contribution < -0.4 is 10.5 Å². The van der Waals surface area contributed by atoms with Gasteiger partial charge in [-0.25, -0.2) is 17.5 Å². The highest BCUT2D eigenvalue weighted by atomic mass is 32.2. The Morgan fingerprint density at radius 1 is 1.42 bits per heavy atom. The topological polar surface area (TPSA) is 81.4 Å². The number of sulfonamides is 1. The largest absolute Gasteiger partial charge is 0.396 e. The van der Waals surface area contributed by atoms with Gasteiger partial charge in [-0.1, -0.05) is 0 Å². The van der Waals surface area contributed by atoms with E-state index in [1.54, 1.807) is 13.8 Å². The molecule has 7 heteroatoms. The summed E-state index contributed by atoms with van der Waals surface area (Å²) in [5, 5.41) is 0. The zero-order valence-corrected chi connectivity index (χ0v) is 12.1. The third kappa shape index (κ3) is 4.45. The SMILES string of the molecule is CCOC(C)(C)CNS(=O)(=O)c1ccc(N)c(F)c1. The normalized spacial score (nSPS) is 12.6. The summed E-state index contributed by atoms with van der Waals surface area (Å²) in [6.45, 7) is 5.93. The molecule has 0 fully saturated rings. The van der Waals surface area contributed by atoms with Gasteiger partial charge in [-0.3, -0.25) is 0 Å². The monoisotopic (exact) mass is 290 g/mol. The second-order valence-corrected chi connectivity index (χ2v) is 6.47. The first kappa shape index (κ1) is 15.9. The third-order valence-electron chi connectivity index (χ3n) is 2.51. The van der Waals surface area contributed by atoms with Gasteiger partial charge in [-0.05, 0) is 39.0 Å². The van der Waals surface area contributed by atoms with Crippen LogP contribution in [0.25, 0.3) is 0 Å². The van der Waals surface area contributed by atoms with E-state index in [-0.39, 0.29) is 17.1 Å². The second-order valence-electron chi connectivity index (χ2n) is 4.70. The number of nitrogens with one attached hydrogen (secondary N) is 1. The first-order valence-corrected chi connectivity index (χ1v) is 7.35. The highest BCUT2D eigenvalue weighted by Gasteiger charge is 2.23. The van der Waals surface area contributed by atoms with Gasteiger partial charge in [0.05, 0.1) is 16.2 Å². The van der Waals surface area contributed by atoms with Crippen molar-refractivity contribution in [2.45, 2.75) is 31.3 Å². The Labute approximate surface area is 113 Å². The molecule has 0 spiro atoms. The fourth-order valence-corrected chi connectivity index (χ4v) is 2.68.